The fourth-order valence-corrected chi connectivity index (χ4v) is 8.15. The van der Waals surface area contributed by atoms with Gasteiger partial charge in [-0.3, -0.25) is 0 Å². The highest BCUT2D eigenvalue weighted by Crippen LogP contribution is 2.47. The van der Waals surface area contributed by atoms with Gasteiger partial charge in [-0.25, -0.2) is 4.98 Å². The summed E-state index contributed by atoms with van der Waals surface area (Å²) in [7, 11) is 0. The zero-order valence-corrected chi connectivity index (χ0v) is 26.4. The minimum Gasteiger partial charge on any atom is -0.455 e. The molecule has 2 aromatic heterocycles. The molecule has 0 saturated heterocycles. The highest BCUT2D eigenvalue weighted by atomic mass is 16.3. The van der Waals surface area contributed by atoms with Crippen LogP contribution in [0.3, 0.4) is 0 Å². The van der Waals surface area contributed by atoms with Crippen molar-refractivity contribution in [2.24, 2.45) is 0 Å². The maximum absolute atomic E-state index is 6.93. The van der Waals surface area contributed by atoms with Crippen LogP contribution in [0.5, 0.6) is 0 Å². The van der Waals surface area contributed by atoms with Crippen molar-refractivity contribution in [3.8, 4) is 22.4 Å². The highest BCUT2D eigenvalue weighted by Gasteiger charge is 2.22. The van der Waals surface area contributed by atoms with Gasteiger partial charge in [0.05, 0.1) is 11.2 Å². The van der Waals surface area contributed by atoms with Crippen LogP contribution in [0.4, 0.5) is 0 Å². The van der Waals surface area contributed by atoms with E-state index in [1.54, 1.807) is 0 Å². The Morgan fingerprint density at radius 3 is 1.84 bits per heavy atom. The van der Waals surface area contributed by atoms with Gasteiger partial charge in [0, 0.05) is 43.4 Å². The second-order valence-electron chi connectivity index (χ2n) is 13.0. The number of furan rings is 1. The van der Waals surface area contributed by atoms with E-state index in [1.807, 2.05) is 0 Å². The zero-order valence-electron chi connectivity index (χ0n) is 26.4. The molecule has 0 amide bonds. The van der Waals surface area contributed by atoms with Crippen molar-refractivity contribution in [2.45, 2.75) is 0 Å². The van der Waals surface area contributed by atoms with Gasteiger partial charge in [-0.2, -0.15) is 0 Å². The van der Waals surface area contributed by atoms with Crippen LogP contribution in [-0.2, 0) is 0 Å². The summed E-state index contributed by atoms with van der Waals surface area (Å²) in [6.07, 6.45) is 0. The lowest BCUT2D eigenvalue weighted by atomic mass is 9.88. The summed E-state index contributed by atoms with van der Waals surface area (Å²) >= 11 is 0. The molecule has 2 nitrogen and oxygen atoms in total. The van der Waals surface area contributed by atoms with E-state index >= 15 is 0 Å². The number of hydrogen-bond acceptors (Lipinski definition) is 2. The molecule has 0 bridgehead atoms. The molecule has 0 aliphatic heterocycles. The molecule has 0 N–H and O–H groups in total. The first-order valence-electron chi connectivity index (χ1n) is 16.8. The van der Waals surface area contributed by atoms with E-state index in [-0.39, 0.29) is 0 Å². The summed E-state index contributed by atoms with van der Waals surface area (Å²) < 4.78 is 6.93. The number of pyridine rings is 1. The van der Waals surface area contributed by atoms with E-state index in [0.717, 1.165) is 66.0 Å². The molecule has 11 aromatic rings. The standard InChI is InChI=1S/C47H27NO/c1-2-13-29(14-3-1)45-41-27-38(35-20-10-11-21-36(35)43(41)37-23-22-28-12-6-9-19-34(28)46(37)48-45)39-25-32-17-7-8-18-33(32)44-40-24-30-15-4-5-16-31(30)26-42(40)49-47(39)44/h1-27H. The third kappa shape index (κ3) is 3.80. The molecule has 0 aliphatic carbocycles. The Labute approximate surface area is 281 Å². The normalized spacial score (nSPS) is 12.1. The molecular weight excluding hydrogens is 595 g/mol. The topological polar surface area (TPSA) is 26.0 Å². The zero-order chi connectivity index (χ0) is 32.1. The number of rotatable bonds is 2. The van der Waals surface area contributed by atoms with E-state index in [1.165, 1.54) is 43.1 Å². The smallest absolute Gasteiger partial charge is 0.143 e. The van der Waals surface area contributed by atoms with Crippen molar-refractivity contribution < 1.29 is 4.42 Å². The van der Waals surface area contributed by atoms with Gasteiger partial charge in [0.25, 0.3) is 0 Å². The molecule has 9 aromatic carbocycles. The van der Waals surface area contributed by atoms with Gasteiger partial charge >= 0.3 is 0 Å². The predicted octanol–water partition coefficient (Wildman–Crippen LogP) is 13.2. The van der Waals surface area contributed by atoms with E-state index in [9.17, 15) is 0 Å². The number of benzene rings is 9. The first-order valence-corrected chi connectivity index (χ1v) is 16.8. The minimum atomic E-state index is 0.904. The van der Waals surface area contributed by atoms with E-state index in [4.69, 9.17) is 9.40 Å². The molecule has 2 heterocycles. The van der Waals surface area contributed by atoms with Crippen LogP contribution < -0.4 is 0 Å². The van der Waals surface area contributed by atoms with Gasteiger partial charge in [-0.05, 0) is 67.5 Å². The second-order valence-corrected chi connectivity index (χ2v) is 13.0. The van der Waals surface area contributed by atoms with Crippen molar-refractivity contribution in [1.82, 2.24) is 4.98 Å². The van der Waals surface area contributed by atoms with Gasteiger partial charge in [0.1, 0.15) is 11.2 Å². The summed E-state index contributed by atoms with van der Waals surface area (Å²) in [5, 5.41) is 15.3. The van der Waals surface area contributed by atoms with Gasteiger partial charge < -0.3 is 4.42 Å². The first-order chi connectivity index (χ1) is 24.3. The molecule has 0 radical (unpaired) electrons. The molecule has 0 unspecified atom stereocenters. The lowest BCUT2D eigenvalue weighted by molar-refractivity contribution is 0.671. The van der Waals surface area contributed by atoms with E-state index < -0.39 is 0 Å². The number of fused-ring (bicyclic) bond motifs is 13. The quantitative estimate of drug-likeness (QED) is 0.180. The lowest BCUT2D eigenvalue weighted by Gasteiger charge is -2.17. The molecule has 0 spiro atoms. The van der Waals surface area contributed by atoms with E-state index in [2.05, 4.69) is 164 Å². The Balaban J connectivity index is 1.34. The Kier molecular flexibility index (Phi) is 5.42. The molecular formula is C47H27NO. The Bertz CT molecular complexity index is 3150. The molecule has 49 heavy (non-hydrogen) atoms. The average Bonchev–Trinajstić information content (AvgIpc) is 3.54. The van der Waals surface area contributed by atoms with Crippen LogP contribution >= 0.6 is 0 Å². The number of aromatic nitrogens is 1. The lowest BCUT2D eigenvalue weighted by Crippen LogP contribution is -1.94. The van der Waals surface area contributed by atoms with Crippen LogP contribution in [0.25, 0.3) is 109 Å². The van der Waals surface area contributed by atoms with Gasteiger partial charge in [-0.1, -0.05) is 140 Å². The summed E-state index contributed by atoms with van der Waals surface area (Å²) in [5.41, 5.74) is 7.16. The van der Waals surface area contributed by atoms with Crippen molar-refractivity contribution in [3.63, 3.8) is 0 Å². The molecule has 0 fully saturated rings. The maximum atomic E-state index is 6.93. The third-order valence-corrected chi connectivity index (χ3v) is 10.4. The van der Waals surface area contributed by atoms with Gasteiger partial charge in [-0.15, -0.1) is 0 Å². The van der Waals surface area contributed by atoms with Crippen LogP contribution in [0.2, 0.25) is 0 Å². The number of nitrogens with zero attached hydrogens (tertiary/aromatic N) is 1. The second kappa shape index (κ2) is 10.00. The Morgan fingerprint density at radius 2 is 1.02 bits per heavy atom. The molecule has 2 heteroatoms. The van der Waals surface area contributed by atoms with Crippen molar-refractivity contribution in [2.75, 3.05) is 0 Å². The van der Waals surface area contributed by atoms with Crippen LogP contribution in [0, 0.1) is 0 Å². The van der Waals surface area contributed by atoms with Crippen molar-refractivity contribution in [3.05, 3.63) is 164 Å². The molecule has 0 atom stereocenters. The van der Waals surface area contributed by atoms with Gasteiger partial charge in [0.2, 0.25) is 0 Å². The molecule has 0 aliphatic rings. The van der Waals surface area contributed by atoms with Crippen molar-refractivity contribution in [1.29, 1.82) is 0 Å². The number of hydrogen-bond donors (Lipinski definition) is 0. The van der Waals surface area contributed by atoms with Crippen LogP contribution in [0.15, 0.2) is 168 Å². The highest BCUT2D eigenvalue weighted by molar-refractivity contribution is 6.30. The van der Waals surface area contributed by atoms with Crippen LogP contribution in [0.1, 0.15) is 0 Å². The summed E-state index contributed by atoms with van der Waals surface area (Å²) in [4.78, 5) is 5.50. The monoisotopic (exact) mass is 621 g/mol. The SMILES string of the molecule is c1ccc(-c2nc3c4ccccc4ccc3c3c2cc(-c2cc4ccccc4c4c2oc2cc5ccccc5cc24)c2ccccc23)cc1. The molecule has 0 saturated carbocycles. The minimum absolute atomic E-state index is 0.904. The van der Waals surface area contributed by atoms with Crippen molar-refractivity contribution >= 4 is 86.7 Å². The molecule has 11 rings (SSSR count). The Morgan fingerprint density at radius 1 is 0.367 bits per heavy atom. The maximum Gasteiger partial charge on any atom is 0.143 e. The summed E-state index contributed by atoms with van der Waals surface area (Å²) in [5.74, 6) is 0. The average molecular weight is 622 g/mol. The first kappa shape index (κ1) is 26.5. The fraction of sp³-hybridized carbons (Fsp3) is 0. The third-order valence-electron chi connectivity index (χ3n) is 10.4. The largest absolute Gasteiger partial charge is 0.455 e. The Hall–Kier alpha value is -6.51. The van der Waals surface area contributed by atoms with Crippen LogP contribution in [-0.4, -0.2) is 4.98 Å². The molecule has 226 valence electrons. The summed E-state index contributed by atoms with van der Waals surface area (Å²) in [6.45, 7) is 0. The fourth-order valence-electron chi connectivity index (χ4n) is 8.15. The predicted molar refractivity (Wildman–Crippen MR) is 207 cm³/mol. The summed E-state index contributed by atoms with van der Waals surface area (Å²) in [6, 6.07) is 58.9. The van der Waals surface area contributed by atoms with Gasteiger partial charge in [0.15, 0.2) is 0 Å². The van der Waals surface area contributed by atoms with E-state index in [0.29, 0.717) is 0 Å².